The topological polar surface area (TPSA) is 109 Å². The van der Waals surface area contributed by atoms with E-state index < -0.39 is 27.7 Å². The number of pyridine rings is 1. The molecule has 190 valence electrons. The van der Waals surface area contributed by atoms with E-state index in [2.05, 4.69) is 9.82 Å². The van der Waals surface area contributed by atoms with E-state index in [-0.39, 0.29) is 19.6 Å². The fourth-order valence-electron chi connectivity index (χ4n) is 4.08. The lowest BCUT2D eigenvalue weighted by molar-refractivity contribution is -0.763. The predicted molar refractivity (Wildman–Crippen MR) is 136 cm³/mol. The molecule has 1 aliphatic carbocycles. The van der Waals surface area contributed by atoms with E-state index in [1.54, 1.807) is 36.6 Å². The number of carbonyl (C=O) groups is 1. The average Bonchev–Trinajstić information content (AvgIpc) is 3.12. The lowest BCUT2D eigenvalue weighted by atomic mass is 10.0. The minimum atomic E-state index is -1.08. The van der Waals surface area contributed by atoms with E-state index in [4.69, 9.17) is 4.74 Å². The molecule has 37 heavy (non-hydrogen) atoms. The van der Waals surface area contributed by atoms with Gasteiger partial charge in [0.1, 0.15) is 19.0 Å². The van der Waals surface area contributed by atoms with Crippen molar-refractivity contribution in [2.24, 2.45) is 0 Å². The fraction of sp³-hybridized carbons (Fsp3) is 0.185. The van der Waals surface area contributed by atoms with Gasteiger partial charge in [-0.15, -0.1) is 10.1 Å². The molecule has 0 bridgehead atoms. The number of benzene rings is 2. The molecule has 0 aliphatic heterocycles. The zero-order valence-electron chi connectivity index (χ0n) is 20.1. The van der Waals surface area contributed by atoms with Gasteiger partial charge in [-0.05, 0) is 88.4 Å². The molecule has 1 atom stereocenters. The van der Waals surface area contributed by atoms with Crippen molar-refractivity contribution < 1.29 is 28.1 Å². The lowest BCUT2D eigenvalue weighted by Crippen LogP contribution is -2.07. The van der Waals surface area contributed by atoms with Gasteiger partial charge in [-0.25, -0.2) is 4.39 Å². The number of fused-ring (bicyclic) bond motifs is 1. The molecule has 4 rings (SSSR count). The summed E-state index contributed by atoms with van der Waals surface area (Å²) in [4.78, 5) is 32.3. The van der Waals surface area contributed by atoms with Gasteiger partial charge in [0, 0.05) is 28.1 Å². The Morgan fingerprint density at radius 1 is 1.11 bits per heavy atom. The second-order valence-corrected chi connectivity index (χ2v) is 9.74. The smallest absolute Gasteiger partial charge is 0.310 e. The summed E-state index contributed by atoms with van der Waals surface area (Å²) < 4.78 is 31.2. The standard InChI is InChI=1S/C27H23FN2O6S/c1-17-24(12-18-3-6-22(7-4-18)37(2)34)23-8-5-20(28)13-26(23)25(17)14-27(31)35-16-21-11-19(9-10-29-21)15-36-30(32)33/h3-13H,14-16H2,1-2H3/b24-12-. The molecule has 0 N–H and O–H groups in total. The zero-order valence-corrected chi connectivity index (χ0v) is 20.9. The van der Waals surface area contributed by atoms with E-state index in [1.165, 1.54) is 18.3 Å². The van der Waals surface area contributed by atoms with Crippen LogP contribution in [0, 0.1) is 15.9 Å². The minimum absolute atomic E-state index is 0.0719. The summed E-state index contributed by atoms with van der Waals surface area (Å²) in [5, 5.41) is 9.51. The van der Waals surface area contributed by atoms with Crippen LogP contribution in [0.15, 0.2) is 71.3 Å². The Kier molecular flexibility index (Phi) is 7.88. The Balaban J connectivity index is 1.53. The fourth-order valence-corrected chi connectivity index (χ4v) is 4.60. The maximum absolute atomic E-state index is 14.1. The molecular formula is C27H23FN2O6S. The zero-order chi connectivity index (χ0) is 26.5. The van der Waals surface area contributed by atoms with Crippen molar-refractivity contribution in [2.45, 2.75) is 31.5 Å². The van der Waals surface area contributed by atoms with Crippen LogP contribution >= 0.6 is 0 Å². The number of aromatic nitrogens is 1. The number of ether oxygens (including phenoxy) is 1. The third kappa shape index (κ3) is 6.34. The summed E-state index contributed by atoms with van der Waals surface area (Å²) in [5.41, 5.74) is 5.62. The van der Waals surface area contributed by atoms with Crippen LogP contribution in [0.1, 0.15) is 41.3 Å². The third-order valence-electron chi connectivity index (χ3n) is 5.90. The van der Waals surface area contributed by atoms with E-state index in [0.717, 1.165) is 27.2 Å². The number of halogens is 1. The van der Waals surface area contributed by atoms with Crippen molar-refractivity contribution in [3.05, 3.63) is 110 Å². The Morgan fingerprint density at radius 3 is 2.57 bits per heavy atom. The van der Waals surface area contributed by atoms with Gasteiger partial charge in [0.25, 0.3) is 5.09 Å². The van der Waals surface area contributed by atoms with Crippen LogP contribution in [-0.4, -0.2) is 26.5 Å². The van der Waals surface area contributed by atoms with Gasteiger partial charge >= 0.3 is 5.97 Å². The van der Waals surface area contributed by atoms with Crippen molar-refractivity contribution in [1.29, 1.82) is 0 Å². The largest absolute Gasteiger partial charge is 0.459 e. The molecule has 1 heterocycles. The van der Waals surface area contributed by atoms with E-state index in [1.807, 2.05) is 25.1 Å². The molecule has 0 spiro atoms. The highest BCUT2D eigenvalue weighted by molar-refractivity contribution is 7.84. The van der Waals surface area contributed by atoms with Gasteiger partial charge in [-0.2, -0.15) is 0 Å². The van der Waals surface area contributed by atoms with Crippen molar-refractivity contribution in [1.82, 2.24) is 4.98 Å². The van der Waals surface area contributed by atoms with Crippen molar-refractivity contribution >= 4 is 34.0 Å². The van der Waals surface area contributed by atoms with Crippen LogP contribution in [-0.2, 0) is 38.4 Å². The SMILES string of the molecule is CC1=C(CC(=O)OCc2cc(CO[N+](=O)[O-])ccn2)c2cc(F)ccc2/C1=C\c1ccc(S(C)=O)cc1. The highest BCUT2D eigenvalue weighted by Gasteiger charge is 2.26. The number of allylic oxidation sites excluding steroid dienone is 2. The highest BCUT2D eigenvalue weighted by Crippen LogP contribution is 2.44. The van der Waals surface area contributed by atoms with Crippen molar-refractivity contribution in [3.8, 4) is 0 Å². The molecule has 0 fully saturated rings. The summed E-state index contributed by atoms with van der Waals surface area (Å²) in [6, 6.07) is 14.9. The Morgan fingerprint density at radius 2 is 1.86 bits per heavy atom. The number of rotatable bonds is 9. The van der Waals surface area contributed by atoms with Crippen LogP contribution in [0.3, 0.4) is 0 Å². The van der Waals surface area contributed by atoms with E-state index in [9.17, 15) is 23.5 Å². The molecule has 0 radical (unpaired) electrons. The molecule has 2 aromatic carbocycles. The van der Waals surface area contributed by atoms with Crippen molar-refractivity contribution in [2.75, 3.05) is 6.26 Å². The second-order valence-electron chi connectivity index (χ2n) is 8.36. The maximum Gasteiger partial charge on any atom is 0.310 e. The summed E-state index contributed by atoms with van der Waals surface area (Å²) in [7, 11) is -1.08. The number of esters is 1. The van der Waals surface area contributed by atoms with Crippen LogP contribution < -0.4 is 0 Å². The Bertz CT molecular complexity index is 1450. The molecule has 0 saturated heterocycles. The van der Waals surface area contributed by atoms with Gasteiger partial charge in [-0.1, -0.05) is 18.2 Å². The lowest BCUT2D eigenvalue weighted by Gasteiger charge is -2.08. The van der Waals surface area contributed by atoms with E-state index >= 15 is 0 Å². The first-order valence-electron chi connectivity index (χ1n) is 11.2. The molecule has 8 nitrogen and oxygen atoms in total. The van der Waals surface area contributed by atoms with Gasteiger partial charge < -0.3 is 9.57 Å². The maximum atomic E-state index is 14.1. The molecule has 10 heteroatoms. The summed E-state index contributed by atoms with van der Waals surface area (Å²) in [5.74, 6) is -0.930. The van der Waals surface area contributed by atoms with Gasteiger partial charge in [0.05, 0.1) is 12.1 Å². The number of hydrogen-bond donors (Lipinski definition) is 0. The van der Waals surface area contributed by atoms with Crippen LogP contribution in [0.4, 0.5) is 4.39 Å². The number of hydrogen-bond acceptors (Lipinski definition) is 7. The highest BCUT2D eigenvalue weighted by atomic mass is 32.2. The normalized spacial score (nSPS) is 14.4. The van der Waals surface area contributed by atoms with Gasteiger partial charge in [0.2, 0.25) is 0 Å². The van der Waals surface area contributed by atoms with Crippen LogP contribution in [0.5, 0.6) is 0 Å². The van der Waals surface area contributed by atoms with Crippen molar-refractivity contribution in [3.63, 3.8) is 0 Å². The average molecular weight is 523 g/mol. The summed E-state index contributed by atoms with van der Waals surface area (Å²) in [6.07, 6.45) is 4.95. The first-order chi connectivity index (χ1) is 17.7. The molecule has 3 aromatic rings. The van der Waals surface area contributed by atoms with Gasteiger partial charge in [0.15, 0.2) is 0 Å². The Labute approximate surface area is 215 Å². The summed E-state index contributed by atoms with van der Waals surface area (Å²) >= 11 is 0. The quantitative estimate of drug-likeness (QED) is 0.218. The Hall–Kier alpha value is -4.18. The number of carbonyl (C=O) groups excluding carboxylic acids is 1. The molecule has 1 aliphatic rings. The predicted octanol–water partition coefficient (Wildman–Crippen LogP) is 5.13. The minimum Gasteiger partial charge on any atom is -0.459 e. The molecule has 0 amide bonds. The van der Waals surface area contributed by atoms with Gasteiger partial charge in [-0.3, -0.25) is 14.0 Å². The van der Waals surface area contributed by atoms with E-state index in [0.29, 0.717) is 22.4 Å². The third-order valence-corrected chi connectivity index (χ3v) is 6.83. The van der Waals surface area contributed by atoms with Crippen LogP contribution in [0.25, 0.3) is 17.2 Å². The number of nitrogens with zero attached hydrogens (tertiary/aromatic N) is 2. The second kappa shape index (κ2) is 11.3. The first kappa shape index (κ1) is 25.9. The molecule has 1 unspecified atom stereocenters. The monoisotopic (exact) mass is 522 g/mol. The molecule has 0 saturated carbocycles. The summed E-state index contributed by atoms with van der Waals surface area (Å²) in [6.45, 7) is 1.52. The molecular weight excluding hydrogens is 499 g/mol. The van der Waals surface area contributed by atoms with Crippen LogP contribution in [0.2, 0.25) is 0 Å². The first-order valence-corrected chi connectivity index (χ1v) is 12.8. The molecule has 1 aromatic heterocycles.